The lowest BCUT2D eigenvalue weighted by Crippen LogP contribution is -2.41. The molecule has 0 spiro atoms. The summed E-state index contributed by atoms with van der Waals surface area (Å²) < 4.78 is 1.80. The minimum atomic E-state index is 0.237. The van der Waals surface area contributed by atoms with Gasteiger partial charge in [-0.3, -0.25) is 9.48 Å². The monoisotopic (exact) mass is 250 g/mol. The van der Waals surface area contributed by atoms with Crippen molar-refractivity contribution in [1.82, 2.24) is 20.0 Å². The number of aryl methyl sites for hydroxylation is 1. The highest BCUT2D eigenvalue weighted by atomic mass is 16.2. The molecule has 2 rings (SSSR count). The molecular formula is C13H22N4O. The summed E-state index contributed by atoms with van der Waals surface area (Å²) in [6.45, 7) is 3.15. The van der Waals surface area contributed by atoms with Crippen LogP contribution in [0.4, 0.5) is 0 Å². The first-order valence-corrected chi connectivity index (χ1v) is 6.72. The van der Waals surface area contributed by atoms with E-state index in [1.807, 2.05) is 24.3 Å². The standard InChI is InChI=1S/C13H22N4O/c1-16-11-12(9-15-16)5-6-14-10-13(18)17-7-3-2-4-8-17/h9,11,14H,2-8,10H2,1H3. The van der Waals surface area contributed by atoms with E-state index < -0.39 is 0 Å². The van der Waals surface area contributed by atoms with E-state index in [9.17, 15) is 4.79 Å². The number of hydrogen-bond acceptors (Lipinski definition) is 3. The van der Waals surface area contributed by atoms with E-state index in [0.717, 1.165) is 38.9 Å². The van der Waals surface area contributed by atoms with Crippen LogP contribution in [0, 0.1) is 0 Å². The van der Waals surface area contributed by atoms with Crippen molar-refractivity contribution < 1.29 is 4.79 Å². The maximum atomic E-state index is 11.9. The molecule has 1 aliphatic rings. The number of carbonyl (C=O) groups is 1. The van der Waals surface area contributed by atoms with Crippen LogP contribution in [0.3, 0.4) is 0 Å². The normalized spacial score (nSPS) is 15.9. The lowest BCUT2D eigenvalue weighted by Gasteiger charge is -2.26. The van der Waals surface area contributed by atoms with Crippen LogP contribution in [0.1, 0.15) is 24.8 Å². The van der Waals surface area contributed by atoms with Crippen LogP contribution in [-0.2, 0) is 18.3 Å². The largest absolute Gasteiger partial charge is 0.342 e. The van der Waals surface area contributed by atoms with E-state index in [2.05, 4.69) is 10.4 Å². The Morgan fingerprint density at radius 1 is 1.39 bits per heavy atom. The zero-order chi connectivity index (χ0) is 12.8. The summed E-state index contributed by atoms with van der Waals surface area (Å²) in [5, 5.41) is 7.33. The number of piperidine rings is 1. The molecular weight excluding hydrogens is 228 g/mol. The summed E-state index contributed by atoms with van der Waals surface area (Å²) in [5.41, 5.74) is 1.20. The minimum absolute atomic E-state index is 0.237. The van der Waals surface area contributed by atoms with Crippen LogP contribution < -0.4 is 5.32 Å². The van der Waals surface area contributed by atoms with E-state index >= 15 is 0 Å². The number of nitrogens with zero attached hydrogens (tertiary/aromatic N) is 3. The fourth-order valence-corrected chi connectivity index (χ4v) is 2.28. The first kappa shape index (κ1) is 13.1. The van der Waals surface area contributed by atoms with Crippen molar-refractivity contribution in [2.75, 3.05) is 26.2 Å². The van der Waals surface area contributed by atoms with Gasteiger partial charge in [0.25, 0.3) is 0 Å². The predicted molar refractivity (Wildman–Crippen MR) is 70.2 cm³/mol. The summed E-state index contributed by atoms with van der Waals surface area (Å²) in [7, 11) is 1.91. The number of likely N-dealkylation sites (tertiary alicyclic amines) is 1. The topological polar surface area (TPSA) is 50.2 Å². The molecule has 0 aromatic carbocycles. The van der Waals surface area contributed by atoms with Gasteiger partial charge in [0.1, 0.15) is 0 Å². The molecule has 5 heteroatoms. The van der Waals surface area contributed by atoms with Gasteiger partial charge in [-0.2, -0.15) is 5.10 Å². The van der Waals surface area contributed by atoms with Crippen LogP contribution in [0.2, 0.25) is 0 Å². The molecule has 5 nitrogen and oxygen atoms in total. The first-order chi connectivity index (χ1) is 8.75. The Labute approximate surface area is 108 Å². The zero-order valence-corrected chi connectivity index (χ0v) is 11.1. The predicted octanol–water partition coefficient (Wildman–Crippen LogP) is 0.565. The summed E-state index contributed by atoms with van der Waals surface area (Å²) in [6.07, 6.45) is 8.37. The zero-order valence-electron chi connectivity index (χ0n) is 11.1. The Balaban J connectivity index is 1.61. The van der Waals surface area contributed by atoms with Gasteiger partial charge in [0.05, 0.1) is 12.7 Å². The van der Waals surface area contributed by atoms with E-state index in [1.165, 1.54) is 12.0 Å². The summed E-state index contributed by atoms with van der Waals surface area (Å²) in [5.74, 6) is 0.237. The fraction of sp³-hybridized carbons (Fsp3) is 0.692. The van der Waals surface area contributed by atoms with Crippen molar-refractivity contribution in [1.29, 1.82) is 0 Å². The third-order valence-electron chi connectivity index (χ3n) is 3.33. The van der Waals surface area contributed by atoms with Gasteiger partial charge >= 0.3 is 0 Å². The van der Waals surface area contributed by atoms with Gasteiger partial charge in [-0.25, -0.2) is 0 Å². The van der Waals surface area contributed by atoms with Crippen molar-refractivity contribution in [3.05, 3.63) is 18.0 Å². The summed E-state index contributed by atoms with van der Waals surface area (Å²) >= 11 is 0. The van der Waals surface area contributed by atoms with Crippen LogP contribution >= 0.6 is 0 Å². The molecule has 1 aromatic rings. The molecule has 18 heavy (non-hydrogen) atoms. The van der Waals surface area contributed by atoms with Gasteiger partial charge in [0.2, 0.25) is 5.91 Å². The first-order valence-electron chi connectivity index (χ1n) is 6.72. The molecule has 0 aliphatic carbocycles. The molecule has 0 unspecified atom stereocenters. The Hall–Kier alpha value is -1.36. The maximum absolute atomic E-state index is 11.9. The summed E-state index contributed by atoms with van der Waals surface area (Å²) in [4.78, 5) is 13.8. The minimum Gasteiger partial charge on any atom is -0.342 e. The molecule has 0 atom stereocenters. The molecule has 0 saturated carbocycles. The summed E-state index contributed by atoms with van der Waals surface area (Å²) in [6, 6.07) is 0. The van der Waals surface area contributed by atoms with E-state index in [-0.39, 0.29) is 5.91 Å². The second-order valence-corrected chi connectivity index (χ2v) is 4.89. The number of amides is 1. The van der Waals surface area contributed by atoms with Gasteiger partial charge in [-0.15, -0.1) is 0 Å². The molecule has 2 heterocycles. The molecule has 100 valence electrons. The number of hydrogen-bond donors (Lipinski definition) is 1. The van der Waals surface area contributed by atoms with Gasteiger partial charge in [-0.1, -0.05) is 0 Å². The highest BCUT2D eigenvalue weighted by Gasteiger charge is 2.15. The molecule has 1 fully saturated rings. The molecule has 1 saturated heterocycles. The molecule has 1 amide bonds. The van der Waals surface area contributed by atoms with Crippen LogP contribution in [-0.4, -0.2) is 46.8 Å². The van der Waals surface area contributed by atoms with Crippen LogP contribution in [0.15, 0.2) is 12.4 Å². The lowest BCUT2D eigenvalue weighted by molar-refractivity contribution is -0.131. The maximum Gasteiger partial charge on any atom is 0.236 e. The van der Waals surface area contributed by atoms with E-state index in [1.54, 1.807) is 4.68 Å². The molecule has 1 N–H and O–H groups in total. The molecule has 0 bridgehead atoms. The third kappa shape index (κ3) is 3.84. The van der Waals surface area contributed by atoms with Gasteiger partial charge in [-0.05, 0) is 37.8 Å². The van der Waals surface area contributed by atoms with Gasteiger partial charge < -0.3 is 10.2 Å². The number of nitrogens with one attached hydrogen (secondary N) is 1. The number of aromatic nitrogens is 2. The molecule has 1 aliphatic heterocycles. The Kier molecular flexibility index (Phi) is 4.75. The smallest absolute Gasteiger partial charge is 0.236 e. The lowest BCUT2D eigenvalue weighted by atomic mass is 10.1. The van der Waals surface area contributed by atoms with Crippen LogP contribution in [0.5, 0.6) is 0 Å². The Morgan fingerprint density at radius 2 is 2.17 bits per heavy atom. The molecule has 1 aromatic heterocycles. The fourth-order valence-electron chi connectivity index (χ4n) is 2.28. The second-order valence-electron chi connectivity index (χ2n) is 4.89. The van der Waals surface area contributed by atoms with Gasteiger partial charge in [0, 0.05) is 26.3 Å². The quantitative estimate of drug-likeness (QED) is 0.777. The van der Waals surface area contributed by atoms with Crippen molar-refractivity contribution >= 4 is 5.91 Å². The number of carbonyl (C=O) groups excluding carboxylic acids is 1. The van der Waals surface area contributed by atoms with E-state index in [4.69, 9.17) is 0 Å². The Morgan fingerprint density at radius 3 is 2.83 bits per heavy atom. The van der Waals surface area contributed by atoms with Crippen molar-refractivity contribution in [2.24, 2.45) is 7.05 Å². The van der Waals surface area contributed by atoms with Crippen molar-refractivity contribution in [2.45, 2.75) is 25.7 Å². The van der Waals surface area contributed by atoms with Crippen molar-refractivity contribution in [3.8, 4) is 0 Å². The average Bonchev–Trinajstić information content (AvgIpc) is 2.81. The molecule has 0 radical (unpaired) electrons. The second kappa shape index (κ2) is 6.54. The van der Waals surface area contributed by atoms with Crippen LogP contribution in [0.25, 0.3) is 0 Å². The number of rotatable bonds is 5. The van der Waals surface area contributed by atoms with Crippen molar-refractivity contribution in [3.63, 3.8) is 0 Å². The third-order valence-corrected chi connectivity index (χ3v) is 3.33. The highest BCUT2D eigenvalue weighted by Crippen LogP contribution is 2.08. The van der Waals surface area contributed by atoms with Gasteiger partial charge in [0.15, 0.2) is 0 Å². The SMILES string of the molecule is Cn1cc(CCNCC(=O)N2CCCCC2)cn1. The average molecular weight is 250 g/mol. The Bertz CT molecular complexity index is 382. The van der Waals surface area contributed by atoms with E-state index in [0.29, 0.717) is 6.54 Å². The highest BCUT2D eigenvalue weighted by molar-refractivity contribution is 5.78.